The second-order valence-corrected chi connectivity index (χ2v) is 5.34. The molecule has 0 saturated heterocycles. The van der Waals surface area contributed by atoms with Crippen molar-refractivity contribution in [1.82, 2.24) is 5.32 Å². The van der Waals surface area contributed by atoms with Gasteiger partial charge in [0.05, 0.1) is 0 Å². The summed E-state index contributed by atoms with van der Waals surface area (Å²) in [5.74, 6) is -1.10. The van der Waals surface area contributed by atoms with E-state index in [4.69, 9.17) is 27.7 Å². The van der Waals surface area contributed by atoms with Gasteiger partial charge in [-0.3, -0.25) is 14.6 Å². The van der Waals surface area contributed by atoms with E-state index in [1.54, 1.807) is 6.08 Å². The molecule has 1 unspecified atom stereocenters. The Balaban J connectivity index is 4.37. The van der Waals surface area contributed by atoms with Crippen LogP contribution in [-0.4, -0.2) is 43.7 Å². The molecule has 0 saturated carbocycles. The Bertz CT molecular complexity index is 448. The molecule has 2 amide bonds. The molecule has 0 aliphatic carbocycles. The molecule has 24 heavy (non-hydrogen) atoms. The quantitative estimate of drug-likeness (QED) is 0.0949. The van der Waals surface area contributed by atoms with Gasteiger partial charge in [-0.1, -0.05) is 6.08 Å². The molecule has 0 aromatic carbocycles. The fourth-order valence-corrected chi connectivity index (χ4v) is 2.03. The van der Waals surface area contributed by atoms with Crippen LogP contribution in [0.25, 0.3) is 0 Å². The van der Waals surface area contributed by atoms with Gasteiger partial charge in [0, 0.05) is 20.1 Å². The average Bonchev–Trinajstić information content (AvgIpc) is 2.52. The van der Waals surface area contributed by atoms with Crippen molar-refractivity contribution in [3.05, 3.63) is 12.2 Å². The minimum Gasteiger partial charge on any atom is -0.370 e. The van der Waals surface area contributed by atoms with E-state index in [0.717, 1.165) is 12.8 Å². The molecule has 1 atom stereocenters. The predicted octanol–water partition coefficient (Wildman–Crippen LogP) is -0.940. The van der Waals surface area contributed by atoms with Gasteiger partial charge in [-0.25, -0.2) is 0 Å². The van der Waals surface area contributed by atoms with Crippen molar-refractivity contribution in [2.75, 3.05) is 20.2 Å². The number of rotatable bonds is 13. The molecule has 0 aromatic heterocycles. The molecule has 0 heterocycles. The number of aliphatic imine (C=N–C) groups is 1. The number of guanidine groups is 1. The number of nitrogens with one attached hydrogen (secondary N) is 1. The minimum atomic E-state index is -1.51. The van der Waals surface area contributed by atoms with Crippen LogP contribution < -0.4 is 28.3 Å². The highest BCUT2D eigenvalue weighted by molar-refractivity contribution is 5.93. The number of amides is 2. The van der Waals surface area contributed by atoms with Crippen LogP contribution in [0.4, 0.5) is 0 Å². The molecule has 0 spiro atoms. The molecule has 0 aromatic rings. The molecule has 0 aliphatic heterocycles. The van der Waals surface area contributed by atoms with Crippen molar-refractivity contribution in [2.24, 2.45) is 27.9 Å². The molecule has 9 nitrogen and oxygen atoms in total. The highest BCUT2D eigenvalue weighted by Crippen LogP contribution is 2.15. The standard InChI is InChI=1S/C15H30N6O3/c1-24-15(13(17)23,9-5-6-10-16)21-12(22)8-4-2-3-7-11-20-14(18)19/h4,8H,2-3,5-7,9-11,16H2,1H3,(H2,17,23)(H,21,22)(H4,18,19,20). The molecule has 0 aliphatic rings. The van der Waals surface area contributed by atoms with Gasteiger partial charge in [0.15, 0.2) is 5.96 Å². The fraction of sp³-hybridized carbons (Fsp3) is 0.667. The van der Waals surface area contributed by atoms with Crippen LogP contribution in [0, 0.1) is 0 Å². The number of hydrogen-bond donors (Lipinski definition) is 5. The lowest BCUT2D eigenvalue weighted by Crippen LogP contribution is -2.58. The number of hydrogen-bond acceptors (Lipinski definition) is 5. The average molecular weight is 342 g/mol. The molecule has 0 fully saturated rings. The highest BCUT2D eigenvalue weighted by atomic mass is 16.5. The van der Waals surface area contributed by atoms with Crippen LogP contribution in [0.2, 0.25) is 0 Å². The molecule has 0 rings (SSSR count). The monoisotopic (exact) mass is 342 g/mol. The number of carbonyl (C=O) groups is 2. The van der Waals surface area contributed by atoms with Gasteiger partial charge < -0.3 is 33.0 Å². The Morgan fingerprint density at radius 1 is 1.17 bits per heavy atom. The maximum atomic E-state index is 12.0. The van der Waals surface area contributed by atoms with Gasteiger partial charge in [0.2, 0.25) is 11.6 Å². The zero-order chi connectivity index (χ0) is 18.4. The zero-order valence-corrected chi connectivity index (χ0v) is 14.3. The van der Waals surface area contributed by atoms with E-state index >= 15 is 0 Å². The fourth-order valence-electron chi connectivity index (χ4n) is 2.03. The van der Waals surface area contributed by atoms with Gasteiger partial charge in [-0.05, 0) is 44.7 Å². The molecule has 9 heteroatoms. The van der Waals surface area contributed by atoms with E-state index in [-0.39, 0.29) is 12.4 Å². The maximum Gasteiger partial charge on any atom is 0.270 e. The lowest BCUT2D eigenvalue weighted by atomic mass is 10.0. The summed E-state index contributed by atoms with van der Waals surface area (Å²) in [6.07, 6.45) is 7.01. The summed E-state index contributed by atoms with van der Waals surface area (Å²) >= 11 is 0. The molecular weight excluding hydrogens is 312 g/mol. The lowest BCUT2D eigenvalue weighted by molar-refractivity contribution is -0.150. The zero-order valence-electron chi connectivity index (χ0n) is 14.3. The van der Waals surface area contributed by atoms with E-state index in [1.807, 2.05) is 0 Å². The van der Waals surface area contributed by atoms with Gasteiger partial charge in [-0.2, -0.15) is 0 Å². The normalized spacial score (nSPS) is 13.4. The van der Waals surface area contributed by atoms with Crippen molar-refractivity contribution in [2.45, 2.75) is 44.2 Å². The first kappa shape index (κ1) is 21.9. The van der Waals surface area contributed by atoms with E-state index < -0.39 is 17.5 Å². The van der Waals surface area contributed by atoms with Crippen molar-refractivity contribution < 1.29 is 14.3 Å². The number of nitrogens with two attached hydrogens (primary N) is 4. The summed E-state index contributed by atoms with van der Waals surface area (Å²) in [7, 11) is 1.33. The largest absolute Gasteiger partial charge is 0.370 e. The van der Waals surface area contributed by atoms with Crippen molar-refractivity contribution in [3.63, 3.8) is 0 Å². The molecular formula is C15H30N6O3. The van der Waals surface area contributed by atoms with E-state index in [9.17, 15) is 9.59 Å². The Morgan fingerprint density at radius 3 is 2.42 bits per heavy atom. The third-order valence-corrected chi connectivity index (χ3v) is 3.40. The highest BCUT2D eigenvalue weighted by Gasteiger charge is 2.37. The molecule has 0 bridgehead atoms. The van der Waals surface area contributed by atoms with Crippen molar-refractivity contribution in [3.8, 4) is 0 Å². The van der Waals surface area contributed by atoms with Crippen LogP contribution in [0.5, 0.6) is 0 Å². The molecule has 9 N–H and O–H groups in total. The number of carbonyl (C=O) groups excluding carboxylic acids is 2. The first-order valence-corrected chi connectivity index (χ1v) is 7.97. The Morgan fingerprint density at radius 2 is 1.88 bits per heavy atom. The summed E-state index contributed by atoms with van der Waals surface area (Å²) in [4.78, 5) is 27.5. The number of unbranched alkanes of at least 4 members (excludes halogenated alkanes) is 3. The van der Waals surface area contributed by atoms with Crippen LogP contribution in [0.15, 0.2) is 17.1 Å². The number of primary amides is 1. The second kappa shape index (κ2) is 12.3. The minimum absolute atomic E-state index is 0.0712. The summed E-state index contributed by atoms with van der Waals surface area (Å²) in [5.41, 5.74) is 19.7. The van der Waals surface area contributed by atoms with E-state index in [1.165, 1.54) is 13.2 Å². The smallest absolute Gasteiger partial charge is 0.270 e. The Labute approximate surface area is 142 Å². The van der Waals surface area contributed by atoms with Crippen LogP contribution in [-0.2, 0) is 14.3 Å². The summed E-state index contributed by atoms with van der Waals surface area (Å²) in [6, 6.07) is 0. The van der Waals surface area contributed by atoms with Gasteiger partial charge >= 0.3 is 0 Å². The van der Waals surface area contributed by atoms with Crippen LogP contribution in [0.1, 0.15) is 38.5 Å². The summed E-state index contributed by atoms with van der Waals surface area (Å²) in [6.45, 7) is 1.05. The van der Waals surface area contributed by atoms with Crippen molar-refractivity contribution >= 4 is 17.8 Å². The molecule has 0 radical (unpaired) electrons. The Kier molecular flexibility index (Phi) is 11.2. The van der Waals surface area contributed by atoms with Gasteiger partial charge in [0.1, 0.15) is 0 Å². The Hall–Kier alpha value is -2.13. The van der Waals surface area contributed by atoms with Gasteiger partial charge in [0.25, 0.3) is 5.91 Å². The van der Waals surface area contributed by atoms with E-state index in [2.05, 4.69) is 10.3 Å². The third kappa shape index (κ3) is 9.11. The first-order valence-electron chi connectivity index (χ1n) is 7.97. The lowest BCUT2D eigenvalue weighted by Gasteiger charge is -2.29. The van der Waals surface area contributed by atoms with Crippen LogP contribution in [0.3, 0.4) is 0 Å². The summed E-state index contributed by atoms with van der Waals surface area (Å²) in [5, 5.41) is 2.54. The SMILES string of the molecule is COC(CCCCN)(NC(=O)C=CCCCCN=C(N)N)C(N)=O. The van der Waals surface area contributed by atoms with Crippen LogP contribution >= 0.6 is 0 Å². The second-order valence-electron chi connectivity index (χ2n) is 5.34. The van der Waals surface area contributed by atoms with Crippen molar-refractivity contribution in [1.29, 1.82) is 0 Å². The number of allylic oxidation sites excluding steroid dienone is 1. The number of methoxy groups -OCH3 is 1. The topological polar surface area (TPSA) is 172 Å². The first-order chi connectivity index (χ1) is 11.4. The predicted molar refractivity (Wildman–Crippen MR) is 93.7 cm³/mol. The van der Waals surface area contributed by atoms with Gasteiger partial charge in [-0.15, -0.1) is 0 Å². The van der Waals surface area contributed by atoms with E-state index in [0.29, 0.717) is 32.4 Å². The maximum absolute atomic E-state index is 12.0. The summed E-state index contributed by atoms with van der Waals surface area (Å²) < 4.78 is 5.18. The number of nitrogens with zero attached hydrogens (tertiary/aromatic N) is 1. The number of ether oxygens (including phenoxy) is 1. The third-order valence-electron chi connectivity index (χ3n) is 3.40. The molecule has 138 valence electrons.